The lowest BCUT2D eigenvalue weighted by atomic mass is 10.2. The molecule has 3 nitrogen and oxygen atoms in total. The minimum atomic E-state index is 0.786. The van der Waals surface area contributed by atoms with Crippen molar-refractivity contribution in [1.29, 1.82) is 0 Å². The first-order valence-corrected chi connectivity index (χ1v) is 8.17. The van der Waals surface area contributed by atoms with Crippen LogP contribution < -0.4 is 0 Å². The molecule has 0 N–H and O–H groups in total. The molecule has 2 aromatic rings. The number of thioether (sulfide) groups is 1. The summed E-state index contributed by atoms with van der Waals surface area (Å²) in [6.07, 6.45) is 7.68. The molecular formula is C13H17N3S2. The SMILES string of the molecule is CN1CCCC1CCSc1nc2cnccc2s1. The van der Waals surface area contributed by atoms with Crippen molar-refractivity contribution in [3.05, 3.63) is 18.5 Å². The van der Waals surface area contributed by atoms with Gasteiger partial charge < -0.3 is 4.90 Å². The summed E-state index contributed by atoms with van der Waals surface area (Å²) in [5.41, 5.74) is 1.03. The lowest BCUT2D eigenvalue weighted by Gasteiger charge is -2.18. The molecule has 1 fully saturated rings. The Morgan fingerprint density at radius 3 is 3.28 bits per heavy atom. The molecular weight excluding hydrogens is 262 g/mol. The summed E-state index contributed by atoms with van der Waals surface area (Å²) in [6, 6.07) is 2.83. The summed E-state index contributed by atoms with van der Waals surface area (Å²) in [6.45, 7) is 1.27. The maximum atomic E-state index is 4.60. The molecule has 1 aliphatic heterocycles. The van der Waals surface area contributed by atoms with Gasteiger partial charge in [0.15, 0.2) is 4.34 Å². The van der Waals surface area contributed by atoms with Crippen molar-refractivity contribution in [2.24, 2.45) is 0 Å². The second-order valence-corrected chi connectivity index (χ2v) is 7.11. The number of pyridine rings is 1. The molecule has 0 amide bonds. The van der Waals surface area contributed by atoms with E-state index < -0.39 is 0 Å². The van der Waals surface area contributed by atoms with Crippen molar-refractivity contribution in [3.8, 4) is 0 Å². The average molecular weight is 279 g/mol. The molecule has 0 bridgehead atoms. The zero-order valence-electron chi connectivity index (χ0n) is 10.5. The van der Waals surface area contributed by atoms with Crippen molar-refractivity contribution < 1.29 is 0 Å². The molecule has 96 valence electrons. The van der Waals surface area contributed by atoms with Crippen molar-refractivity contribution in [2.75, 3.05) is 19.3 Å². The van der Waals surface area contributed by atoms with E-state index in [1.54, 1.807) is 11.3 Å². The van der Waals surface area contributed by atoms with Gasteiger partial charge in [-0.3, -0.25) is 4.98 Å². The predicted molar refractivity (Wildman–Crippen MR) is 78.4 cm³/mol. The van der Waals surface area contributed by atoms with Gasteiger partial charge in [0.05, 0.1) is 10.9 Å². The van der Waals surface area contributed by atoms with Crippen LogP contribution in [0.15, 0.2) is 22.8 Å². The number of hydrogen-bond acceptors (Lipinski definition) is 5. The number of hydrogen-bond donors (Lipinski definition) is 0. The van der Waals surface area contributed by atoms with E-state index in [1.807, 2.05) is 30.2 Å². The van der Waals surface area contributed by atoms with Crippen molar-refractivity contribution >= 4 is 33.3 Å². The minimum Gasteiger partial charge on any atom is -0.303 e. The highest BCUT2D eigenvalue weighted by molar-refractivity contribution is 8.01. The Labute approximate surface area is 116 Å². The van der Waals surface area contributed by atoms with Crippen LogP contribution >= 0.6 is 23.1 Å². The molecule has 1 aliphatic rings. The van der Waals surface area contributed by atoms with Gasteiger partial charge in [-0.2, -0.15) is 0 Å². The maximum Gasteiger partial charge on any atom is 0.151 e. The minimum absolute atomic E-state index is 0.786. The van der Waals surface area contributed by atoms with Gasteiger partial charge in [0.25, 0.3) is 0 Å². The third kappa shape index (κ3) is 2.68. The Hall–Kier alpha value is -0.650. The molecule has 3 rings (SSSR count). The van der Waals surface area contributed by atoms with Crippen LogP contribution in [0.3, 0.4) is 0 Å². The third-order valence-corrected chi connectivity index (χ3v) is 5.73. The lowest BCUT2D eigenvalue weighted by molar-refractivity contribution is 0.305. The predicted octanol–water partition coefficient (Wildman–Crippen LogP) is 3.27. The molecule has 0 radical (unpaired) electrons. The van der Waals surface area contributed by atoms with E-state index in [4.69, 9.17) is 0 Å². The highest BCUT2D eigenvalue weighted by atomic mass is 32.2. The molecule has 5 heteroatoms. The van der Waals surface area contributed by atoms with Crippen molar-refractivity contribution in [2.45, 2.75) is 29.6 Å². The Kier molecular flexibility index (Phi) is 3.82. The molecule has 18 heavy (non-hydrogen) atoms. The van der Waals surface area contributed by atoms with Crippen LogP contribution in [-0.4, -0.2) is 40.3 Å². The molecule has 0 saturated carbocycles. The molecule has 2 aromatic heterocycles. The summed E-state index contributed by atoms with van der Waals surface area (Å²) in [5.74, 6) is 1.17. The number of rotatable bonds is 4. The Morgan fingerprint density at radius 2 is 2.50 bits per heavy atom. The smallest absolute Gasteiger partial charge is 0.151 e. The van der Waals surface area contributed by atoms with Crippen LogP contribution in [0.5, 0.6) is 0 Å². The Morgan fingerprint density at radius 1 is 1.56 bits per heavy atom. The zero-order chi connectivity index (χ0) is 12.4. The first kappa shape index (κ1) is 12.4. The van der Waals surface area contributed by atoms with Gasteiger partial charge in [0, 0.05) is 18.0 Å². The van der Waals surface area contributed by atoms with Crippen LogP contribution in [0.1, 0.15) is 19.3 Å². The average Bonchev–Trinajstić information content (AvgIpc) is 2.96. The van der Waals surface area contributed by atoms with Crippen LogP contribution in [0.4, 0.5) is 0 Å². The summed E-state index contributed by atoms with van der Waals surface area (Å²) in [4.78, 5) is 11.2. The van der Waals surface area contributed by atoms with Crippen LogP contribution in [-0.2, 0) is 0 Å². The highest BCUT2D eigenvalue weighted by Crippen LogP contribution is 2.30. The number of fused-ring (bicyclic) bond motifs is 1. The van der Waals surface area contributed by atoms with E-state index in [0.717, 1.165) is 11.6 Å². The standard InChI is InChI=1S/C13H17N3S2/c1-16-7-2-3-10(16)5-8-17-13-15-11-9-14-6-4-12(11)18-13/h4,6,9-10H,2-3,5,7-8H2,1H3. The fourth-order valence-electron chi connectivity index (χ4n) is 2.45. The number of likely N-dealkylation sites (tertiary alicyclic amines) is 1. The van der Waals surface area contributed by atoms with E-state index >= 15 is 0 Å². The van der Waals surface area contributed by atoms with E-state index in [2.05, 4.69) is 21.9 Å². The van der Waals surface area contributed by atoms with Gasteiger partial charge in [-0.15, -0.1) is 11.3 Å². The van der Waals surface area contributed by atoms with E-state index in [9.17, 15) is 0 Å². The number of aromatic nitrogens is 2. The lowest BCUT2D eigenvalue weighted by Crippen LogP contribution is -2.25. The summed E-state index contributed by atoms with van der Waals surface area (Å²) < 4.78 is 2.42. The second kappa shape index (κ2) is 5.55. The summed E-state index contributed by atoms with van der Waals surface area (Å²) >= 11 is 3.67. The van der Waals surface area contributed by atoms with Gasteiger partial charge in [-0.1, -0.05) is 11.8 Å². The highest BCUT2D eigenvalue weighted by Gasteiger charge is 2.20. The maximum absolute atomic E-state index is 4.60. The molecule has 1 saturated heterocycles. The topological polar surface area (TPSA) is 29.0 Å². The van der Waals surface area contributed by atoms with E-state index in [1.165, 1.54) is 40.6 Å². The van der Waals surface area contributed by atoms with Crippen LogP contribution in [0.25, 0.3) is 10.2 Å². The van der Waals surface area contributed by atoms with Crippen LogP contribution in [0, 0.1) is 0 Å². The van der Waals surface area contributed by atoms with Gasteiger partial charge in [-0.25, -0.2) is 4.98 Å². The molecule has 1 unspecified atom stereocenters. The monoisotopic (exact) mass is 279 g/mol. The number of nitrogens with zero attached hydrogens (tertiary/aromatic N) is 3. The van der Waals surface area contributed by atoms with Crippen molar-refractivity contribution in [3.63, 3.8) is 0 Å². The van der Waals surface area contributed by atoms with Crippen molar-refractivity contribution in [1.82, 2.24) is 14.9 Å². The fraction of sp³-hybridized carbons (Fsp3) is 0.538. The zero-order valence-corrected chi connectivity index (χ0v) is 12.1. The largest absolute Gasteiger partial charge is 0.303 e. The summed E-state index contributed by atoms with van der Waals surface area (Å²) in [5, 5.41) is 0. The first-order chi connectivity index (χ1) is 8.83. The molecule has 0 spiro atoms. The molecule has 0 aromatic carbocycles. The van der Waals surface area contributed by atoms with Crippen LogP contribution in [0.2, 0.25) is 0 Å². The molecule has 0 aliphatic carbocycles. The Balaban J connectivity index is 1.56. The van der Waals surface area contributed by atoms with E-state index in [0.29, 0.717) is 0 Å². The number of thiazole rings is 1. The fourth-order valence-corrected chi connectivity index (χ4v) is 4.59. The van der Waals surface area contributed by atoms with Gasteiger partial charge >= 0.3 is 0 Å². The second-order valence-electron chi connectivity index (χ2n) is 4.74. The first-order valence-electron chi connectivity index (χ1n) is 6.36. The van der Waals surface area contributed by atoms with E-state index in [-0.39, 0.29) is 0 Å². The quantitative estimate of drug-likeness (QED) is 0.803. The van der Waals surface area contributed by atoms with Gasteiger partial charge in [0.2, 0.25) is 0 Å². The third-order valence-electron chi connectivity index (χ3n) is 3.52. The summed E-state index contributed by atoms with van der Waals surface area (Å²) in [7, 11) is 2.24. The molecule has 3 heterocycles. The molecule has 1 atom stereocenters. The Bertz CT molecular complexity index is 493. The normalized spacial score (nSPS) is 20.8. The van der Waals surface area contributed by atoms with Gasteiger partial charge in [0.1, 0.15) is 5.52 Å². The van der Waals surface area contributed by atoms with Gasteiger partial charge in [-0.05, 0) is 38.9 Å².